The molecule has 0 aromatic heterocycles. The molecule has 1 N–H and O–H groups in total. The van der Waals surface area contributed by atoms with Crippen LogP contribution in [-0.2, 0) is 4.79 Å². The first kappa shape index (κ1) is 20.2. The summed E-state index contributed by atoms with van der Waals surface area (Å²) >= 11 is 11.7. The van der Waals surface area contributed by atoms with Crippen LogP contribution in [0.3, 0.4) is 0 Å². The Morgan fingerprint density at radius 1 is 1.15 bits per heavy atom. The van der Waals surface area contributed by atoms with Crippen molar-refractivity contribution in [2.45, 2.75) is 20.3 Å². The highest BCUT2D eigenvalue weighted by Gasteiger charge is 2.22. The molecule has 0 atom stereocenters. The molecule has 0 aliphatic carbocycles. The van der Waals surface area contributed by atoms with Crippen LogP contribution in [0.4, 0.5) is 10.1 Å². The number of hydrogen-bond donors (Lipinski definition) is 1. The van der Waals surface area contributed by atoms with Gasteiger partial charge in [0.2, 0.25) is 5.91 Å². The molecule has 26 heavy (non-hydrogen) atoms. The molecule has 0 heterocycles. The number of nitrogens with one attached hydrogen (secondary N) is 1. The topological polar surface area (TPSA) is 49.4 Å². The van der Waals surface area contributed by atoms with E-state index in [1.165, 1.54) is 11.0 Å². The maximum Gasteiger partial charge on any atom is 0.255 e. The van der Waals surface area contributed by atoms with Gasteiger partial charge in [0.05, 0.1) is 15.6 Å². The molecule has 0 saturated carbocycles. The summed E-state index contributed by atoms with van der Waals surface area (Å²) in [5.41, 5.74) is 1.57. The highest BCUT2D eigenvalue weighted by atomic mass is 35.5. The average Bonchev–Trinajstić information content (AvgIpc) is 2.59. The Morgan fingerprint density at radius 3 is 2.50 bits per heavy atom. The standard InChI is InChI=1S/C19H19Cl2FN2O2/c1-3-8-24(11-18(25)23-17-7-5-4-6-12(17)2)19(26)13-9-16(22)15(21)10-14(13)20/h4-7,9-10H,3,8,11H2,1-2H3,(H,23,25). The third-order valence-corrected chi connectivity index (χ3v) is 4.38. The van der Waals surface area contributed by atoms with Crippen LogP contribution in [0.25, 0.3) is 0 Å². The molecule has 0 unspecified atom stereocenters. The number of benzene rings is 2. The Labute approximate surface area is 161 Å². The van der Waals surface area contributed by atoms with Crippen molar-refractivity contribution in [1.29, 1.82) is 0 Å². The Kier molecular flexibility index (Phi) is 7.00. The van der Waals surface area contributed by atoms with Gasteiger partial charge in [-0.25, -0.2) is 4.39 Å². The maximum atomic E-state index is 13.7. The van der Waals surface area contributed by atoms with Crippen molar-refractivity contribution in [2.24, 2.45) is 0 Å². The van der Waals surface area contributed by atoms with Crippen LogP contribution in [0.5, 0.6) is 0 Å². The third-order valence-electron chi connectivity index (χ3n) is 3.77. The van der Waals surface area contributed by atoms with Gasteiger partial charge in [0, 0.05) is 12.2 Å². The number of nitrogens with zero attached hydrogens (tertiary/aromatic N) is 1. The summed E-state index contributed by atoms with van der Waals surface area (Å²) in [5.74, 6) is -1.60. The van der Waals surface area contributed by atoms with Crippen molar-refractivity contribution < 1.29 is 14.0 Å². The largest absolute Gasteiger partial charge is 0.329 e. The molecule has 2 aromatic carbocycles. The summed E-state index contributed by atoms with van der Waals surface area (Å²) in [4.78, 5) is 26.4. The molecule has 0 spiro atoms. The fourth-order valence-corrected chi connectivity index (χ4v) is 2.92. The van der Waals surface area contributed by atoms with Crippen LogP contribution < -0.4 is 5.32 Å². The summed E-state index contributed by atoms with van der Waals surface area (Å²) in [5, 5.41) is 2.66. The minimum absolute atomic E-state index is 0.0225. The van der Waals surface area contributed by atoms with Crippen LogP contribution >= 0.6 is 23.2 Å². The van der Waals surface area contributed by atoms with Crippen LogP contribution in [0, 0.1) is 12.7 Å². The van der Waals surface area contributed by atoms with E-state index in [4.69, 9.17) is 23.2 Å². The second kappa shape index (κ2) is 9.01. The zero-order valence-corrected chi connectivity index (χ0v) is 16.0. The van der Waals surface area contributed by atoms with Gasteiger partial charge in [-0.3, -0.25) is 9.59 Å². The highest BCUT2D eigenvalue weighted by Crippen LogP contribution is 2.25. The van der Waals surface area contributed by atoms with E-state index in [9.17, 15) is 14.0 Å². The number of para-hydroxylation sites is 1. The van der Waals surface area contributed by atoms with Crippen molar-refractivity contribution in [1.82, 2.24) is 4.90 Å². The van der Waals surface area contributed by atoms with Gasteiger partial charge in [0.1, 0.15) is 12.4 Å². The molecule has 0 aliphatic rings. The lowest BCUT2D eigenvalue weighted by atomic mass is 10.1. The Morgan fingerprint density at radius 2 is 1.85 bits per heavy atom. The smallest absolute Gasteiger partial charge is 0.255 e. The first-order valence-electron chi connectivity index (χ1n) is 8.12. The summed E-state index contributed by atoms with van der Waals surface area (Å²) in [6.45, 7) is 3.92. The number of halogens is 3. The SMILES string of the molecule is CCCN(CC(=O)Nc1ccccc1C)C(=O)c1cc(F)c(Cl)cc1Cl. The van der Waals surface area contributed by atoms with E-state index >= 15 is 0 Å². The van der Waals surface area contributed by atoms with E-state index in [1.54, 1.807) is 6.07 Å². The lowest BCUT2D eigenvalue weighted by Gasteiger charge is -2.22. The molecule has 2 aromatic rings. The van der Waals surface area contributed by atoms with Crippen molar-refractivity contribution >= 4 is 40.7 Å². The minimum atomic E-state index is -0.736. The van der Waals surface area contributed by atoms with E-state index in [2.05, 4.69) is 5.32 Å². The molecule has 0 fully saturated rings. The van der Waals surface area contributed by atoms with Crippen LogP contribution in [0.15, 0.2) is 36.4 Å². The number of anilines is 1. The summed E-state index contributed by atoms with van der Waals surface area (Å²) in [6, 6.07) is 9.52. The molecule has 0 radical (unpaired) electrons. The van der Waals surface area contributed by atoms with E-state index in [0.717, 1.165) is 11.6 Å². The van der Waals surface area contributed by atoms with Crippen molar-refractivity contribution in [3.8, 4) is 0 Å². The number of carbonyl (C=O) groups excluding carboxylic acids is 2. The van der Waals surface area contributed by atoms with Crippen molar-refractivity contribution in [3.05, 3.63) is 63.4 Å². The monoisotopic (exact) mass is 396 g/mol. The van der Waals surface area contributed by atoms with E-state index < -0.39 is 11.7 Å². The van der Waals surface area contributed by atoms with Crippen LogP contribution in [0.1, 0.15) is 29.3 Å². The summed E-state index contributed by atoms with van der Waals surface area (Å²) < 4.78 is 13.7. The van der Waals surface area contributed by atoms with Crippen molar-refractivity contribution in [3.63, 3.8) is 0 Å². The van der Waals surface area contributed by atoms with E-state index in [1.807, 2.05) is 32.0 Å². The molecule has 0 aliphatic heterocycles. The molecule has 0 bridgehead atoms. The average molecular weight is 397 g/mol. The third kappa shape index (κ3) is 4.96. The van der Waals surface area contributed by atoms with Crippen molar-refractivity contribution in [2.75, 3.05) is 18.4 Å². The van der Waals surface area contributed by atoms with Gasteiger partial charge >= 0.3 is 0 Å². The van der Waals surface area contributed by atoms with Gasteiger partial charge < -0.3 is 10.2 Å². The number of hydrogen-bond acceptors (Lipinski definition) is 2. The Hall–Kier alpha value is -2.11. The van der Waals surface area contributed by atoms with Gasteiger partial charge in [-0.1, -0.05) is 48.3 Å². The van der Waals surface area contributed by atoms with Gasteiger partial charge in [0.15, 0.2) is 0 Å². The summed E-state index contributed by atoms with van der Waals surface area (Å²) in [6.07, 6.45) is 0.636. The zero-order valence-electron chi connectivity index (χ0n) is 14.5. The number of rotatable bonds is 6. The summed E-state index contributed by atoms with van der Waals surface area (Å²) in [7, 11) is 0. The molecule has 138 valence electrons. The molecule has 2 rings (SSSR count). The first-order valence-corrected chi connectivity index (χ1v) is 8.88. The van der Waals surface area contributed by atoms with Crippen LogP contribution in [-0.4, -0.2) is 29.8 Å². The second-order valence-electron chi connectivity index (χ2n) is 5.84. The second-order valence-corrected chi connectivity index (χ2v) is 6.65. The number of amides is 2. The zero-order chi connectivity index (χ0) is 19.3. The van der Waals surface area contributed by atoms with Crippen LogP contribution in [0.2, 0.25) is 10.0 Å². The molecular formula is C19H19Cl2FN2O2. The Bertz CT molecular complexity index is 827. The molecule has 4 nitrogen and oxygen atoms in total. The number of aryl methyl sites for hydroxylation is 1. The first-order chi connectivity index (χ1) is 12.3. The van der Waals surface area contributed by atoms with Gasteiger partial charge in [0.25, 0.3) is 5.91 Å². The fourth-order valence-electron chi connectivity index (χ4n) is 2.46. The lowest BCUT2D eigenvalue weighted by Crippen LogP contribution is -2.38. The number of carbonyl (C=O) groups is 2. The van der Waals surface area contributed by atoms with E-state index in [-0.39, 0.29) is 28.1 Å². The maximum absolute atomic E-state index is 13.7. The highest BCUT2D eigenvalue weighted by molar-refractivity contribution is 6.36. The minimum Gasteiger partial charge on any atom is -0.329 e. The van der Waals surface area contributed by atoms with Gasteiger partial charge in [-0.2, -0.15) is 0 Å². The lowest BCUT2D eigenvalue weighted by molar-refractivity contribution is -0.116. The van der Waals surface area contributed by atoms with Gasteiger partial charge in [-0.05, 0) is 37.1 Å². The normalized spacial score (nSPS) is 10.5. The Balaban J connectivity index is 2.18. The molecule has 7 heteroatoms. The predicted octanol–water partition coefficient (Wildman–Crippen LogP) is 4.93. The molecule has 0 saturated heterocycles. The van der Waals surface area contributed by atoms with E-state index in [0.29, 0.717) is 18.7 Å². The predicted molar refractivity (Wildman–Crippen MR) is 102 cm³/mol. The fraction of sp³-hybridized carbons (Fsp3) is 0.263. The van der Waals surface area contributed by atoms with Gasteiger partial charge in [-0.15, -0.1) is 0 Å². The molecule has 2 amide bonds. The quantitative estimate of drug-likeness (QED) is 0.703. The molecular weight excluding hydrogens is 378 g/mol.